The highest BCUT2D eigenvalue weighted by Crippen LogP contribution is 2.22. The summed E-state index contributed by atoms with van der Waals surface area (Å²) in [5, 5.41) is 0. The number of carbonyl (C=O) groups excluding carboxylic acids is 1. The fourth-order valence-electron chi connectivity index (χ4n) is 2.56. The highest BCUT2D eigenvalue weighted by molar-refractivity contribution is 7.90. The smallest absolute Gasteiger partial charge is 0.266 e. The van der Waals surface area contributed by atoms with Crippen molar-refractivity contribution < 1.29 is 21.6 Å². The average molecular weight is 380 g/mol. The van der Waals surface area contributed by atoms with Crippen molar-refractivity contribution in [1.29, 1.82) is 0 Å². The molecule has 1 heterocycles. The predicted octanol–water partition coefficient (Wildman–Crippen LogP) is 0.908. The van der Waals surface area contributed by atoms with Gasteiger partial charge in [-0.05, 0) is 24.3 Å². The first-order chi connectivity index (χ1) is 11.8. The lowest BCUT2D eigenvalue weighted by molar-refractivity contribution is -0.128. The molecule has 0 bridgehead atoms. The van der Waals surface area contributed by atoms with Crippen LogP contribution in [-0.2, 0) is 24.8 Å². The minimum Gasteiger partial charge on any atom is -0.272 e. The Hall–Kier alpha value is -2.23. The Morgan fingerprint density at radius 3 is 1.64 bits per heavy atom. The van der Waals surface area contributed by atoms with E-state index in [9.17, 15) is 21.6 Å². The number of sulfonamides is 2. The van der Waals surface area contributed by atoms with Gasteiger partial charge in [-0.1, -0.05) is 36.4 Å². The van der Waals surface area contributed by atoms with Crippen molar-refractivity contribution in [3.05, 3.63) is 60.7 Å². The summed E-state index contributed by atoms with van der Waals surface area (Å²) in [6, 6.07) is 15.3. The van der Waals surface area contributed by atoms with Gasteiger partial charge >= 0.3 is 0 Å². The molecule has 132 valence electrons. The van der Waals surface area contributed by atoms with E-state index in [2.05, 4.69) is 0 Å². The molecule has 0 spiro atoms. The summed E-state index contributed by atoms with van der Waals surface area (Å²) in [6.07, 6.45) is 0. The molecule has 7 nitrogen and oxygen atoms in total. The normalized spacial score (nSPS) is 16.8. The van der Waals surface area contributed by atoms with Gasteiger partial charge in [-0.15, -0.1) is 0 Å². The lowest BCUT2D eigenvalue weighted by Crippen LogP contribution is -2.53. The molecular weight excluding hydrogens is 364 g/mol. The molecular formula is C16H16N2O5S2. The molecule has 2 aromatic rings. The number of hydrogen-bond donors (Lipinski definition) is 0. The maximum Gasteiger partial charge on any atom is 0.266 e. The minimum atomic E-state index is -3.98. The fourth-order valence-corrected chi connectivity index (χ4v) is 5.36. The molecule has 1 saturated heterocycles. The third-order valence-corrected chi connectivity index (χ3v) is 7.55. The lowest BCUT2D eigenvalue weighted by Gasteiger charge is -2.32. The Morgan fingerprint density at radius 2 is 1.16 bits per heavy atom. The first-order valence-corrected chi connectivity index (χ1v) is 10.4. The summed E-state index contributed by atoms with van der Waals surface area (Å²) in [5.41, 5.74) is 0. The van der Waals surface area contributed by atoms with Gasteiger partial charge in [-0.25, -0.2) is 21.1 Å². The number of hydrogen-bond acceptors (Lipinski definition) is 5. The Bertz CT molecular complexity index is 974. The van der Waals surface area contributed by atoms with Crippen LogP contribution in [0.2, 0.25) is 0 Å². The predicted molar refractivity (Wildman–Crippen MR) is 90.5 cm³/mol. The molecule has 25 heavy (non-hydrogen) atoms. The van der Waals surface area contributed by atoms with E-state index in [1.165, 1.54) is 24.3 Å². The van der Waals surface area contributed by atoms with Crippen LogP contribution in [-0.4, -0.2) is 51.0 Å². The molecule has 1 aliphatic rings. The maximum atomic E-state index is 12.6. The third kappa shape index (κ3) is 3.30. The number of benzene rings is 2. The van der Waals surface area contributed by atoms with Crippen molar-refractivity contribution >= 4 is 26.0 Å². The molecule has 0 radical (unpaired) electrons. The van der Waals surface area contributed by atoms with Crippen LogP contribution in [0.3, 0.4) is 0 Å². The van der Waals surface area contributed by atoms with E-state index >= 15 is 0 Å². The van der Waals surface area contributed by atoms with Gasteiger partial charge in [0.15, 0.2) is 0 Å². The topological polar surface area (TPSA) is 91.8 Å². The Morgan fingerprint density at radius 1 is 0.680 bits per heavy atom. The highest BCUT2D eigenvalue weighted by Gasteiger charge is 2.38. The molecule has 0 atom stereocenters. The number of nitrogens with zero attached hydrogens (tertiary/aromatic N) is 2. The maximum absolute atomic E-state index is 12.6. The van der Waals surface area contributed by atoms with E-state index in [4.69, 9.17) is 0 Å². The second-order valence-electron chi connectivity index (χ2n) is 5.44. The SMILES string of the molecule is O=C1CN(S(=O)(=O)c2ccccc2)CCN1S(=O)(=O)c1ccccc1. The van der Waals surface area contributed by atoms with Gasteiger partial charge in [-0.3, -0.25) is 4.79 Å². The average Bonchev–Trinajstić information content (AvgIpc) is 2.63. The van der Waals surface area contributed by atoms with Gasteiger partial charge in [0.25, 0.3) is 15.9 Å². The highest BCUT2D eigenvalue weighted by atomic mass is 32.2. The molecule has 0 saturated carbocycles. The van der Waals surface area contributed by atoms with Gasteiger partial charge < -0.3 is 0 Å². The summed E-state index contributed by atoms with van der Waals surface area (Å²) in [5.74, 6) is -0.769. The van der Waals surface area contributed by atoms with Gasteiger partial charge in [0.05, 0.1) is 22.9 Å². The number of piperazine rings is 1. The van der Waals surface area contributed by atoms with Crippen LogP contribution in [0.1, 0.15) is 0 Å². The number of rotatable bonds is 4. The molecule has 1 aliphatic heterocycles. The summed E-state index contributed by atoms with van der Waals surface area (Å²) in [7, 11) is -7.82. The monoisotopic (exact) mass is 380 g/mol. The van der Waals surface area contributed by atoms with E-state index in [1.807, 2.05) is 0 Å². The molecule has 1 amide bonds. The zero-order valence-corrected chi connectivity index (χ0v) is 14.8. The Balaban J connectivity index is 1.83. The lowest BCUT2D eigenvalue weighted by atomic mass is 10.4. The van der Waals surface area contributed by atoms with Crippen molar-refractivity contribution in [1.82, 2.24) is 8.61 Å². The molecule has 1 fully saturated rings. The van der Waals surface area contributed by atoms with Gasteiger partial charge in [0.1, 0.15) is 0 Å². The van der Waals surface area contributed by atoms with Crippen molar-refractivity contribution in [2.75, 3.05) is 19.6 Å². The van der Waals surface area contributed by atoms with Crippen molar-refractivity contribution in [3.63, 3.8) is 0 Å². The zero-order chi connectivity index (χ0) is 18.1. The summed E-state index contributed by atoms with van der Waals surface area (Å²) in [4.78, 5) is 12.4. The second-order valence-corrected chi connectivity index (χ2v) is 9.24. The van der Waals surface area contributed by atoms with Crippen LogP contribution in [0, 0.1) is 0 Å². The number of amides is 1. The first kappa shape index (κ1) is 17.6. The second kappa shape index (κ2) is 6.58. The van der Waals surface area contributed by atoms with E-state index in [0.29, 0.717) is 0 Å². The van der Waals surface area contributed by atoms with Crippen LogP contribution < -0.4 is 0 Å². The van der Waals surface area contributed by atoms with Crippen molar-refractivity contribution in [3.8, 4) is 0 Å². The van der Waals surface area contributed by atoms with Gasteiger partial charge in [0, 0.05) is 6.54 Å². The molecule has 2 aromatic carbocycles. The first-order valence-electron chi connectivity index (χ1n) is 7.49. The summed E-state index contributed by atoms with van der Waals surface area (Å²) >= 11 is 0. The quantitative estimate of drug-likeness (QED) is 0.786. The standard InChI is InChI=1S/C16H16N2O5S2/c19-16-13-17(24(20,21)14-7-3-1-4-8-14)11-12-18(16)25(22,23)15-9-5-2-6-10-15/h1-10H,11-13H2. The number of carbonyl (C=O) groups is 1. The van der Waals surface area contributed by atoms with Crippen molar-refractivity contribution in [2.24, 2.45) is 0 Å². The molecule has 9 heteroatoms. The summed E-state index contributed by atoms with van der Waals surface area (Å²) < 4.78 is 52.0. The Labute approximate surface area is 146 Å². The van der Waals surface area contributed by atoms with Crippen molar-refractivity contribution in [2.45, 2.75) is 9.79 Å². The van der Waals surface area contributed by atoms with Crippen LogP contribution in [0.15, 0.2) is 70.5 Å². The van der Waals surface area contributed by atoms with Crippen LogP contribution >= 0.6 is 0 Å². The molecule has 3 rings (SSSR count). The largest absolute Gasteiger partial charge is 0.272 e. The van der Waals surface area contributed by atoms with Crippen LogP contribution in [0.25, 0.3) is 0 Å². The molecule has 0 aromatic heterocycles. The van der Waals surface area contributed by atoms with E-state index < -0.39 is 32.5 Å². The third-order valence-electron chi connectivity index (χ3n) is 3.85. The summed E-state index contributed by atoms with van der Waals surface area (Å²) in [6.45, 7) is -0.819. The van der Waals surface area contributed by atoms with Gasteiger partial charge in [0.2, 0.25) is 10.0 Å². The van der Waals surface area contributed by atoms with Crippen LogP contribution in [0.5, 0.6) is 0 Å². The fraction of sp³-hybridized carbons (Fsp3) is 0.188. The van der Waals surface area contributed by atoms with E-state index in [0.717, 1.165) is 8.61 Å². The van der Waals surface area contributed by atoms with Crippen LogP contribution in [0.4, 0.5) is 0 Å². The van der Waals surface area contributed by atoms with E-state index in [-0.39, 0.29) is 22.9 Å². The van der Waals surface area contributed by atoms with Gasteiger partial charge in [-0.2, -0.15) is 4.31 Å². The zero-order valence-electron chi connectivity index (χ0n) is 13.1. The molecule has 0 aliphatic carbocycles. The molecule has 0 N–H and O–H groups in total. The van der Waals surface area contributed by atoms with E-state index in [1.54, 1.807) is 36.4 Å². The molecule has 0 unspecified atom stereocenters. The Kier molecular flexibility index (Phi) is 4.63. The minimum absolute atomic E-state index is 0.00252.